The highest BCUT2D eigenvalue weighted by Crippen LogP contribution is 2.39. The lowest BCUT2D eigenvalue weighted by atomic mass is 9.77. The van der Waals surface area contributed by atoms with Gasteiger partial charge in [-0.05, 0) is 39.2 Å². The van der Waals surface area contributed by atoms with E-state index in [2.05, 4.69) is 5.32 Å². The Hall–Kier alpha value is -1.79. The number of benzene rings is 1. The molecule has 0 atom stereocenters. The molecular weight excluding hydrogens is 293 g/mol. The predicted molar refractivity (Wildman–Crippen MR) is 90.8 cm³/mol. The second kappa shape index (κ2) is 6.38. The summed E-state index contributed by atoms with van der Waals surface area (Å²) in [6, 6.07) is 7.02. The highest BCUT2D eigenvalue weighted by Gasteiger charge is 2.52. The summed E-state index contributed by atoms with van der Waals surface area (Å²) in [4.78, 5) is 11.3. The van der Waals surface area contributed by atoms with Crippen molar-refractivity contribution in [3.8, 4) is 5.75 Å². The van der Waals surface area contributed by atoms with Crippen LogP contribution in [-0.2, 0) is 14.1 Å². The number of hydrogen-bond donors (Lipinski definition) is 2. The van der Waals surface area contributed by atoms with Crippen molar-refractivity contribution in [1.29, 1.82) is 0 Å². The molecule has 1 heterocycles. The maximum Gasteiger partial charge on any atom is 0.492 e. The van der Waals surface area contributed by atoms with Gasteiger partial charge in [-0.1, -0.05) is 24.3 Å². The number of phenolic OH excluding ortho intramolecular Hbond substituents is 1. The largest absolute Gasteiger partial charge is 0.507 e. The van der Waals surface area contributed by atoms with Crippen LogP contribution in [0.2, 0.25) is 0 Å². The molecule has 0 aliphatic carbocycles. The fraction of sp³-hybridized carbons (Fsp3) is 0.471. The Morgan fingerprint density at radius 2 is 1.78 bits per heavy atom. The van der Waals surface area contributed by atoms with Gasteiger partial charge in [0.1, 0.15) is 5.75 Å². The lowest BCUT2D eigenvalue weighted by molar-refractivity contribution is -0.118. The Labute approximate surface area is 137 Å². The maximum absolute atomic E-state index is 11.3. The summed E-state index contributed by atoms with van der Waals surface area (Å²) in [6.45, 7) is 9.65. The van der Waals surface area contributed by atoms with Gasteiger partial charge in [-0.15, -0.1) is 0 Å². The molecule has 1 aromatic rings. The lowest BCUT2D eigenvalue weighted by Crippen LogP contribution is -2.41. The number of carbonyl (C=O) groups is 1. The molecule has 2 N–H and O–H groups in total. The van der Waals surface area contributed by atoms with Crippen molar-refractivity contribution >= 4 is 19.1 Å². The Kier molecular flexibility index (Phi) is 4.87. The molecule has 0 bridgehead atoms. The van der Waals surface area contributed by atoms with Crippen LogP contribution >= 0.6 is 0 Å². The van der Waals surface area contributed by atoms with Crippen molar-refractivity contribution in [3.05, 3.63) is 35.3 Å². The molecule has 0 saturated carbocycles. The first-order valence-electron chi connectivity index (χ1n) is 7.71. The summed E-state index contributed by atoms with van der Waals surface area (Å²) in [7, 11) is -0.577. The van der Waals surface area contributed by atoms with Crippen molar-refractivity contribution in [2.24, 2.45) is 0 Å². The van der Waals surface area contributed by atoms with Crippen molar-refractivity contribution in [2.45, 2.75) is 45.8 Å². The molecular formula is C17H24BNO4. The van der Waals surface area contributed by atoms with Crippen molar-refractivity contribution < 1.29 is 19.2 Å². The minimum absolute atomic E-state index is 0.135. The van der Waals surface area contributed by atoms with E-state index < -0.39 is 18.3 Å². The summed E-state index contributed by atoms with van der Waals surface area (Å²) in [5, 5.41) is 12.7. The van der Waals surface area contributed by atoms with Crippen LogP contribution in [0.1, 0.15) is 40.2 Å². The van der Waals surface area contributed by atoms with Gasteiger partial charge in [0.15, 0.2) is 0 Å². The van der Waals surface area contributed by atoms with Gasteiger partial charge in [0.05, 0.1) is 11.2 Å². The van der Waals surface area contributed by atoms with E-state index in [1.165, 1.54) is 6.92 Å². The number of carbonyl (C=O) groups excluding carboxylic acids is 1. The molecule has 1 aromatic carbocycles. The van der Waals surface area contributed by atoms with Crippen LogP contribution in [-0.4, -0.2) is 35.9 Å². The molecule has 5 nitrogen and oxygen atoms in total. The first-order chi connectivity index (χ1) is 10.6. The number of phenols is 1. The Balaban J connectivity index is 2.32. The number of aromatic hydroxyl groups is 1. The topological polar surface area (TPSA) is 67.8 Å². The fourth-order valence-electron chi connectivity index (χ4n) is 2.23. The molecule has 1 aliphatic rings. The van der Waals surface area contributed by atoms with Crippen LogP contribution < -0.4 is 5.32 Å². The van der Waals surface area contributed by atoms with Crippen LogP contribution in [0.3, 0.4) is 0 Å². The molecule has 124 valence electrons. The van der Waals surface area contributed by atoms with Gasteiger partial charge in [0.2, 0.25) is 5.91 Å². The number of nitrogens with one attached hydrogen (secondary N) is 1. The van der Waals surface area contributed by atoms with Gasteiger partial charge in [0.25, 0.3) is 0 Å². The van der Waals surface area contributed by atoms with E-state index >= 15 is 0 Å². The van der Waals surface area contributed by atoms with E-state index in [0.29, 0.717) is 12.1 Å². The van der Waals surface area contributed by atoms with Crippen molar-refractivity contribution in [2.75, 3.05) is 6.54 Å². The molecule has 0 radical (unpaired) electrons. The zero-order chi connectivity index (χ0) is 17.3. The van der Waals surface area contributed by atoms with Crippen LogP contribution in [0.5, 0.6) is 5.75 Å². The highest BCUT2D eigenvalue weighted by molar-refractivity contribution is 6.56. The van der Waals surface area contributed by atoms with Crippen LogP contribution in [0.15, 0.2) is 29.7 Å². The number of amides is 1. The maximum atomic E-state index is 11.3. The molecule has 0 spiro atoms. The van der Waals surface area contributed by atoms with Gasteiger partial charge in [-0.25, -0.2) is 0 Å². The number of hydrogen-bond acceptors (Lipinski definition) is 4. The average molecular weight is 317 g/mol. The highest BCUT2D eigenvalue weighted by atomic mass is 16.7. The van der Waals surface area contributed by atoms with Crippen molar-refractivity contribution in [3.63, 3.8) is 0 Å². The Morgan fingerprint density at radius 1 is 1.22 bits per heavy atom. The van der Waals surface area contributed by atoms with Gasteiger partial charge < -0.3 is 19.7 Å². The molecule has 0 aromatic heterocycles. The summed E-state index contributed by atoms with van der Waals surface area (Å²) >= 11 is 0. The minimum Gasteiger partial charge on any atom is -0.507 e. The number of para-hydroxylation sites is 1. The van der Waals surface area contributed by atoms with Gasteiger partial charge in [-0.3, -0.25) is 4.79 Å². The van der Waals surface area contributed by atoms with Gasteiger partial charge >= 0.3 is 7.12 Å². The summed E-state index contributed by atoms with van der Waals surface area (Å²) < 4.78 is 12.1. The summed E-state index contributed by atoms with van der Waals surface area (Å²) in [5.41, 5.74) is 0.472. The zero-order valence-corrected chi connectivity index (χ0v) is 14.3. The van der Waals surface area contributed by atoms with E-state index in [9.17, 15) is 9.90 Å². The SMILES string of the molecule is CC(=O)NCC(=Cc1ccccc1O)B1OC(C)(C)C(C)(C)O1. The zero-order valence-electron chi connectivity index (χ0n) is 14.3. The number of rotatable bonds is 4. The fourth-order valence-corrected chi connectivity index (χ4v) is 2.23. The lowest BCUT2D eigenvalue weighted by Gasteiger charge is -2.32. The van der Waals surface area contributed by atoms with Crippen LogP contribution in [0.25, 0.3) is 6.08 Å². The average Bonchev–Trinajstić information content (AvgIpc) is 2.65. The molecule has 2 rings (SSSR count). The summed E-state index contributed by atoms with van der Waals surface area (Å²) in [5.74, 6) is 0.0362. The van der Waals surface area contributed by atoms with E-state index in [4.69, 9.17) is 9.31 Å². The molecule has 1 aliphatic heterocycles. The van der Waals surface area contributed by atoms with E-state index in [1.54, 1.807) is 24.3 Å². The van der Waals surface area contributed by atoms with Crippen molar-refractivity contribution in [1.82, 2.24) is 5.32 Å². The molecule has 0 unspecified atom stereocenters. The van der Waals surface area contributed by atoms with Crippen LogP contribution in [0.4, 0.5) is 0 Å². The standard InChI is InChI=1S/C17H24BNO4/c1-12(20)19-11-14(10-13-8-6-7-9-15(13)21)18-22-16(2,3)17(4,5)23-18/h6-10,21H,11H2,1-5H3,(H,19,20). The second-order valence-corrected chi connectivity index (χ2v) is 6.78. The monoisotopic (exact) mass is 317 g/mol. The molecule has 1 amide bonds. The third-order valence-electron chi connectivity index (χ3n) is 4.38. The van der Waals surface area contributed by atoms with Crippen LogP contribution in [0, 0.1) is 0 Å². The second-order valence-electron chi connectivity index (χ2n) is 6.78. The van der Waals surface area contributed by atoms with E-state index in [0.717, 1.165) is 5.47 Å². The third-order valence-corrected chi connectivity index (χ3v) is 4.38. The summed E-state index contributed by atoms with van der Waals surface area (Å²) in [6.07, 6.45) is 1.80. The first-order valence-corrected chi connectivity index (χ1v) is 7.71. The molecule has 1 saturated heterocycles. The molecule has 1 fully saturated rings. The quantitative estimate of drug-likeness (QED) is 0.838. The Bertz CT molecular complexity index is 609. The third kappa shape index (κ3) is 3.95. The van der Waals surface area contributed by atoms with Gasteiger partial charge in [0, 0.05) is 19.0 Å². The van der Waals surface area contributed by atoms with E-state index in [-0.39, 0.29) is 11.7 Å². The van der Waals surface area contributed by atoms with Gasteiger partial charge in [-0.2, -0.15) is 0 Å². The molecule has 23 heavy (non-hydrogen) atoms. The molecule has 6 heteroatoms. The predicted octanol–water partition coefficient (Wildman–Crippen LogP) is 2.54. The van der Waals surface area contributed by atoms with E-state index in [1.807, 2.05) is 33.8 Å². The first kappa shape index (κ1) is 17.6. The Morgan fingerprint density at radius 3 is 2.30 bits per heavy atom. The normalized spacial score (nSPS) is 19.7. The smallest absolute Gasteiger partial charge is 0.492 e. The minimum atomic E-state index is -0.577.